The summed E-state index contributed by atoms with van der Waals surface area (Å²) in [6.45, 7) is 2.70. The van der Waals surface area contributed by atoms with E-state index in [0.717, 1.165) is 5.75 Å². The average molecular weight is 248 g/mol. The Bertz CT molecular complexity index is 683. The van der Waals surface area contributed by atoms with E-state index in [4.69, 9.17) is 4.74 Å². The molecule has 3 aromatic carbocycles. The van der Waals surface area contributed by atoms with Crippen LogP contribution in [0.2, 0.25) is 0 Å². The summed E-state index contributed by atoms with van der Waals surface area (Å²) in [5.74, 6) is 0.916. The van der Waals surface area contributed by atoms with Crippen molar-refractivity contribution in [2.75, 3.05) is 0 Å². The predicted octanol–water partition coefficient (Wildman–Crippen LogP) is 4.73. The topological polar surface area (TPSA) is 9.23 Å². The fourth-order valence-electron chi connectivity index (χ4n) is 2.11. The molecule has 0 atom stereocenters. The first-order chi connectivity index (χ1) is 9.31. The predicted molar refractivity (Wildman–Crippen MR) is 79.5 cm³/mol. The first-order valence-corrected chi connectivity index (χ1v) is 6.48. The summed E-state index contributed by atoms with van der Waals surface area (Å²) in [5, 5.41) is 2.45. The minimum absolute atomic E-state index is 0.610. The third-order valence-electron chi connectivity index (χ3n) is 3.25. The van der Waals surface area contributed by atoms with E-state index in [1.807, 2.05) is 12.1 Å². The van der Waals surface area contributed by atoms with E-state index in [9.17, 15) is 0 Å². The van der Waals surface area contributed by atoms with Crippen molar-refractivity contribution in [2.24, 2.45) is 0 Å². The lowest BCUT2D eigenvalue weighted by molar-refractivity contribution is 0.306. The van der Waals surface area contributed by atoms with Gasteiger partial charge in [-0.05, 0) is 35.4 Å². The van der Waals surface area contributed by atoms with Gasteiger partial charge < -0.3 is 4.74 Å². The minimum Gasteiger partial charge on any atom is -0.489 e. The summed E-state index contributed by atoms with van der Waals surface area (Å²) < 4.78 is 5.84. The Morgan fingerprint density at radius 3 is 2.32 bits per heavy atom. The van der Waals surface area contributed by atoms with Crippen molar-refractivity contribution in [1.82, 2.24) is 0 Å². The molecule has 0 bridgehead atoms. The third-order valence-corrected chi connectivity index (χ3v) is 3.25. The molecular weight excluding hydrogens is 232 g/mol. The maximum atomic E-state index is 5.84. The van der Waals surface area contributed by atoms with Crippen LogP contribution in [-0.4, -0.2) is 0 Å². The zero-order valence-electron chi connectivity index (χ0n) is 11.0. The van der Waals surface area contributed by atoms with Crippen LogP contribution >= 0.6 is 0 Å². The average Bonchev–Trinajstić information content (AvgIpc) is 2.46. The second-order valence-electron chi connectivity index (χ2n) is 4.78. The number of hydrogen-bond acceptors (Lipinski definition) is 1. The number of aryl methyl sites for hydroxylation is 1. The van der Waals surface area contributed by atoms with E-state index >= 15 is 0 Å². The molecule has 0 aliphatic heterocycles. The summed E-state index contributed by atoms with van der Waals surface area (Å²) >= 11 is 0. The first kappa shape index (κ1) is 11.8. The highest BCUT2D eigenvalue weighted by atomic mass is 16.5. The Morgan fingerprint density at radius 2 is 1.53 bits per heavy atom. The SMILES string of the molecule is Cc1ccc(COc2ccc3ccccc3c2)cc1. The van der Waals surface area contributed by atoms with Crippen LogP contribution in [0.5, 0.6) is 5.75 Å². The largest absolute Gasteiger partial charge is 0.489 e. The van der Waals surface area contributed by atoms with E-state index in [2.05, 4.69) is 61.5 Å². The highest BCUT2D eigenvalue weighted by Crippen LogP contribution is 2.21. The molecule has 0 aromatic heterocycles. The zero-order chi connectivity index (χ0) is 13.1. The lowest BCUT2D eigenvalue weighted by Gasteiger charge is -2.07. The number of ether oxygens (including phenoxy) is 1. The van der Waals surface area contributed by atoms with Gasteiger partial charge in [-0.3, -0.25) is 0 Å². The zero-order valence-corrected chi connectivity index (χ0v) is 11.0. The molecule has 0 N–H and O–H groups in total. The Kier molecular flexibility index (Phi) is 3.20. The molecule has 1 heteroatoms. The number of rotatable bonds is 3. The van der Waals surface area contributed by atoms with Crippen LogP contribution in [0, 0.1) is 6.92 Å². The van der Waals surface area contributed by atoms with Gasteiger partial charge in [0.25, 0.3) is 0 Å². The van der Waals surface area contributed by atoms with Gasteiger partial charge in [0, 0.05) is 0 Å². The van der Waals surface area contributed by atoms with Gasteiger partial charge in [-0.2, -0.15) is 0 Å². The normalized spacial score (nSPS) is 10.6. The van der Waals surface area contributed by atoms with Crippen LogP contribution in [0.3, 0.4) is 0 Å². The fraction of sp³-hybridized carbons (Fsp3) is 0.111. The van der Waals surface area contributed by atoms with Crippen LogP contribution < -0.4 is 4.74 Å². The third kappa shape index (κ3) is 2.76. The van der Waals surface area contributed by atoms with Crippen LogP contribution in [0.15, 0.2) is 66.7 Å². The van der Waals surface area contributed by atoms with Crippen molar-refractivity contribution >= 4 is 10.8 Å². The Labute approximate surface area is 113 Å². The highest BCUT2D eigenvalue weighted by Gasteiger charge is 1.98. The second kappa shape index (κ2) is 5.15. The number of fused-ring (bicyclic) bond motifs is 1. The van der Waals surface area contributed by atoms with Gasteiger partial charge in [0.2, 0.25) is 0 Å². The Hall–Kier alpha value is -2.28. The Balaban J connectivity index is 1.76. The van der Waals surface area contributed by atoms with Crippen LogP contribution in [0.25, 0.3) is 10.8 Å². The molecule has 0 heterocycles. The van der Waals surface area contributed by atoms with E-state index in [-0.39, 0.29) is 0 Å². The lowest BCUT2D eigenvalue weighted by Crippen LogP contribution is -1.95. The van der Waals surface area contributed by atoms with Gasteiger partial charge in [0.15, 0.2) is 0 Å². The summed E-state index contributed by atoms with van der Waals surface area (Å²) in [6.07, 6.45) is 0. The molecule has 0 unspecified atom stereocenters. The molecule has 0 fully saturated rings. The molecule has 19 heavy (non-hydrogen) atoms. The second-order valence-corrected chi connectivity index (χ2v) is 4.78. The minimum atomic E-state index is 0.610. The highest BCUT2D eigenvalue weighted by molar-refractivity contribution is 5.83. The molecule has 3 aromatic rings. The summed E-state index contributed by atoms with van der Waals surface area (Å²) in [7, 11) is 0. The molecule has 0 radical (unpaired) electrons. The van der Waals surface area contributed by atoms with Crippen LogP contribution in [-0.2, 0) is 6.61 Å². The summed E-state index contributed by atoms with van der Waals surface area (Å²) in [6, 6.07) is 23.0. The maximum absolute atomic E-state index is 5.84. The van der Waals surface area contributed by atoms with E-state index < -0.39 is 0 Å². The maximum Gasteiger partial charge on any atom is 0.120 e. The van der Waals surface area contributed by atoms with Gasteiger partial charge in [0.1, 0.15) is 12.4 Å². The molecule has 0 amide bonds. The standard InChI is InChI=1S/C18H16O/c1-14-6-8-15(9-7-14)13-19-18-11-10-16-4-2-3-5-17(16)12-18/h2-12H,13H2,1H3. The van der Waals surface area contributed by atoms with Crippen LogP contribution in [0.4, 0.5) is 0 Å². The summed E-state index contributed by atoms with van der Waals surface area (Å²) in [4.78, 5) is 0. The van der Waals surface area contributed by atoms with Gasteiger partial charge >= 0.3 is 0 Å². The van der Waals surface area contributed by atoms with Gasteiger partial charge in [-0.15, -0.1) is 0 Å². The molecule has 0 saturated carbocycles. The van der Waals surface area contributed by atoms with Crippen molar-refractivity contribution in [2.45, 2.75) is 13.5 Å². The molecule has 0 aliphatic carbocycles. The molecule has 1 nitrogen and oxygen atoms in total. The van der Waals surface area contributed by atoms with Crippen molar-refractivity contribution in [3.05, 3.63) is 77.9 Å². The fourth-order valence-corrected chi connectivity index (χ4v) is 2.11. The van der Waals surface area contributed by atoms with Crippen molar-refractivity contribution in [3.63, 3.8) is 0 Å². The smallest absolute Gasteiger partial charge is 0.120 e. The Morgan fingerprint density at radius 1 is 0.789 bits per heavy atom. The van der Waals surface area contributed by atoms with Gasteiger partial charge in [-0.1, -0.05) is 60.2 Å². The quantitative estimate of drug-likeness (QED) is 0.651. The number of benzene rings is 3. The van der Waals surface area contributed by atoms with E-state index in [1.54, 1.807) is 0 Å². The number of hydrogen-bond donors (Lipinski definition) is 0. The van der Waals surface area contributed by atoms with Crippen LogP contribution in [0.1, 0.15) is 11.1 Å². The van der Waals surface area contributed by atoms with Gasteiger partial charge in [0.05, 0.1) is 0 Å². The summed E-state index contributed by atoms with van der Waals surface area (Å²) in [5.41, 5.74) is 2.47. The first-order valence-electron chi connectivity index (χ1n) is 6.48. The molecule has 94 valence electrons. The van der Waals surface area contributed by atoms with Crippen molar-refractivity contribution in [1.29, 1.82) is 0 Å². The van der Waals surface area contributed by atoms with Crippen molar-refractivity contribution in [3.8, 4) is 5.75 Å². The monoisotopic (exact) mass is 248 g/mol. The van der Waals surface area contributed by atoms with E-state index in [1.165, 1.54) is 21.9 Å². The molecule has 0 spiro atoms. The van der Waals surface area contributed by atoms with Gasteiger partial charge in [-0.25, -0.2) is 0 Å². The molecule has 3 rings (SSSR count). The lowest BCUT2D eigenvalue weighted by atomic mass is 10.1. The molecular formula is C18H16O. The molecule has 0 aliphatic rings. The molecule has 0 saturated heterocycles. The van der Waals surface area contributed by atoms with E-state index in [0.29, 0.717) is 6.61 Å². The van der Waals surface area contributed by atoms with Crippen molar-refractivity contribution < 1.29 is 4.74 Å².